The Bertz CT molecular complexity index is 1260. The SMILES string of the molecule is CC(C)(OC(=O)N1C(=C2Sc3ccccc3C2=O)C=Cc2ccccc21)c1cccs1. The Labute approximate surface area is 188 Å². The third-order valence-corrected chi connectivity index (χ3v) is 7.61. The number of para-hydroxylation sites is 1. The third-order valence-electron chi connectivity index (χ3n) is 5.26. The molecule has 2 aromatic carbocycles. The molecular formula is C25H19NO3S2. The molecule has 0 fully saturated rings. The lowest BCUT2D eigenvalue weighted by atomic mass is 10.0. The van der Waals surface area contributed by atoms with Crippen LogP contribution in [0.15, 0.2) is 87.6 Å². The Hall–Kier alpha value is -3.09. The Kier molecular flexibility index (Phi) is 4.84. The van der Waals surface area contributed by atoms with Crippen molar-refractivity contribution < 1.29 is 14.3 Å². The van der Waals surface area contributed by atoms with E-state index in [-0.39, 0.29) is 5.78 Å². The molecule has 1 amide bonds. The fourth-order valence-corrected chi connectivity index (χ4v) is 5.59. The van der Waals surface area contributed by atoms with Crippen molar-refractivity contribution >= 4 is 46.7 Å². The summed E-state index contributed by atoms with van der Waals surface area (Å²) >= 11 is 2.94. The van der Waals surface area contributed by atoms with Gasteiger partial charge in [-0.2, -0.15) is 0 Å². The molecule has 154 valence electrons. The number of hydrogen-bond acceptors (Lipinski definition) is 5. The lowest BCUT2D eigenvalue weighted by Crippen LogP contribution is -2.37. The molecular weight excluding hydrogens is 426 g/mol. The Morgan fingerprint density at radius 3 is 2.52 bits per heavy atom. The lowest BCUT2D eigenvalue weighted by molar-refractivity contribution is 0.0454. The van der Waals surface area contributed by atoms with Crippen LogP contribution in [0.3, 0.4) is 0 Å². The minimum Gasteiger partial charge on any atom is -0.437 e. The van der Waals surface area contributed by atoms with Gasteiger partial charge >= 0.3 is 6.09 Å². The summed E-state index contributed by atoms with van der Waals surface area (Å²) in [5.41, 5.74) is 1.99. The number of amides is 1. The molecule has 0 spiro atoms. The molecule has 0 saturated carbocycles. The van der Waals surface area contributed by atoms with Crippen molar-refractivity contribution in [3.63, 3.8) is 0 Å². The van der Waals surface area contributed by atoms with Gasteiger partial charge in [-0.15, -0.1) is 11.3 Å². The van der Waals surface area contributed by atoms with Gasteiger partial charge in [0.15, 0.2) is 0 Å². The molecule has 0 atom stereocenters. The molecule has 2 aliphatic rings. The van der Waals surface area contributed by atoms with E-state index in [9.17, 15) is 9.59 Å². The molecule has 3 aromatic rings. The summed E-state index contributed by atoms with van der Waals surface area (Å²) in [6, 6.07) is 19.0. The standard InChI is InChI=1S/C25H19NO3S2/c1-25(2,21-12-7-15-30-21)29-24(28)26-18-10-5-3-8-16(18)13-14-19(26)23-22(27)17-9-4-6-11-20(17)31-23/h3-15H,1-2H3. The molecule has 0 bridgehead atoms. The monoisotopic (exact) mass is 445 g/mol. The minimum absolute atomic E-state index is 0.0741. The van der Waals surface area contributed by atoms with Crippen molar-refractivity contribution in [1.82, 2.24) is 0 Å². The maximum absolute atomic E-state index is 13.5. The largest absolute Gasteiger partial charge is 0.437 e. The van der Waals surface area contributed by atoms with Crippen LogP contribution in [0.1, 0.15) is 34.6 Å². The van der Waals surface area contributed by atoms with E-state index in [0.717, 1.165) is 15.3 Å². The highest BCUT2D eigenvalue weighted by atomic mass is 32.2. The molecule has 0 unspecified atom stereocenters. The highest BCUT2D eigenvalue weighted by molar-refractivity contribution is 8.04. The topological polar surface area (TPSA) is 46.6 Å². The maximum Gasteiger partial charge on any atom is 0.419 e. The third kappa shape index (κ3) is 3.42. The number of carbonyl (C=O) groups is 2. The smallest absolute Gasteiger partial charge is 0.419 e. The summed E-state index contributed by atoms with van der Waals surface area (Å²) in [4.78, 5) is 30.6. The van der Waals surface area contributed by atoms with Gasteiger partial charge in [-0.1, -0.05) is 54.2 Å². The van der Waals surface area contributed by atoms with Gasteiger partial charge < -0.3 is 4.74 Å². The van der Waals surface area contributed by atoms with Crippen molar-refractivity contribution in [3.05, 3.63) is 98.7 Å². The first kappa shape index (κ1) is 19.8. The van der Waals surface area contributed by atoms with Crippen molar-refractivity contribution in [1.29, 1.82) is 0 Å². The van der Waals surface area contributed by atoms with E-state index >= 15 is 0 Å². The number of Topliss-reactive ketones (excluding diaryl/α,β-unsaturated/α-hetero) is 1. The summed E-state index contributed by atoms with van der Waals surface area (Å²) in [5, 5.41) is 1.96. The predicted octanol–water partition coefficient (Wildman–Crippen LogP) is 6.85. The van der Waals surface area contributed by atoms with Gasteiger partial charge in [0, 0.05) is 15.3 Å². The number of nitrogens with zero attached hydrogens (tertiary/aromatic N) is 1. The molecule has 0 N–H and O–H groups in total. The van der Waals surface area contributed by atoms with Gasteiger partial charge in [0.1, 0.15) is 5.60 Å². The van der Waals surface area contributed by atoms with Crippen molar-refractivity contribution in [2.24, 2.45) is 0 Å². The molecule has 6 heteroatoms. The summed E-state index contributed by atoms with van der Waals surface area (Å²) in [5.74, 6) is -0.0741. The average molecular weight is 446 g/mol. The van der Waals surface area contributed by atoms with Gasteiger partial charge in [0.25, 0.3) is 0 Å². The number of benzene rings is 2. The molecule has 0 aliphatic carbocycles. The van der Waals surface area contributed by atoms with Gasteiger partial charge in [-0.25, -0.2) is 9.69 Å². The van der Waals surface area contributed by atoms with Crippen LogP contribution < -0.4 is 4.90 Å². The van der Waals surface area contributed by atoms with Gasteiger partial charge in [-0.3, -0.25) is 4.79 Å². The first-order valence-corrected chi connectivity index (χ1v) is 11.6. The van der Waals surface area contributed by atoms with E-state index in [0.29, 0.717) is 21.9 Å². The average Bonchev–Trinajstić information content (AvgIpc) is 3.42. The summed E-state index contributed by atoms with van der Waals surface area (Å²) < 4.78 is 5.99. The first-order valence-electron chi connectivity index (χ1n) is 9.86. The van der Waals surface area contributed by atoms with Gasteiger partial charge in [0.05, 0.1) is 16.3 Å². The Morgan fingerprint density at radius 1 is 0.968 bits per heavy atom. The molecule has 0 radical (unpaired) electrons. The second-order valence-corrected chi connectivity index (χ2v) is 9.72. The molecule has 1 aromatic heterocycles. The summed E-state index contributed by atoms with van der Waals surface area (Å²) in [6.07, 6.45) is 3.25. The van der Waals surface area contributed by atoms with E-state index in [2.05, 4.69) is 0 Å². The quantitative estimate of drug-likeness (QED) is 0.405. The molecule has 3 heterocycles. The van der Waals surface area contributed by atoms with Crippen molar-refractivity contribution in [2.75, 3.05) is 4.90 Å². The number of ether oxygens (including phenoxy) is 1. The number of hydrogen-bond donors (Lipinski definition) is 0. The van der Waals surface area contributed by atoms with Crippen LogP contribution in [0.2, 0.25) is 0 Å². The zero-order valence-corrected chi connectivity index (χ0v) is 18.6. The predicted molar refractivity (Wildman–Crippen MR) is 125 cm³/mol. The highest BCUT2D eigenvalue weighted by Gasteiger charge is 2.37. The molecule has 0 saturated heterocycles. The lowest BCUT2D eigenvalue weighted by Gasteiger charge is -2.32. The van der Waals surface area contributed by atoms with Crippen LogP contribution in [0.4, 0.5) is 10.5 Å². The summed E-state index contributed by atoms with van der Waals surface area (Å²) in [7, 11) is 0. The molecule has 31 heavy (non-hydrogen) atoms. The van der Waals surface area contributed by atoms with E-state index in [4.69, 9.17) is 4.74 Å². The number of rotatable bonds is 2. The van der Waals surface area contributed by atoms with Crippen LogP contribution >= 0.6 is 23.1 Å². The zero-order chi connectivity index (χ0) is 21.6. The second kappa shape index (κ2) is 7.55. The first-order chi connectivity index (χ1) is 15.0. The normalized spacial score (nSPS) is 17.5. The van der Waals surface area contributed by atoms with E-state index in [1.54, 1.807) is 11.3 Å². The van der Waals surface area contributed by atoms with Crippen LogP contribution in [-0.2, 0) is 10.3 Å². The number of thioether (sulfide) groups is 1. The Morgan fingerprint density at radius 2 is 1.74 bits per heavy atom. The molecule has 2 aliphatic heterocycles. The van der Waals surface area contributed by atoms with E-state index in [1.807, 2.05) is 92.0 Å². The van der Waals surface area contributed by atoms with Crippen LogP contribution in [0, 0.1) is 0 Å². The van der Waals surface area contributed by atoms with Crippen LogP contribution in [0.25, 0.3) is 6.08 Å². The fourth-order valence-electron chi connectivity index (χ4n) is 3.70. The summed E-state index contributed by atoms with van der Waals surface area (Å²) in [6.45, 7) is 3.75. The molecule has 4 nitrogen and oxygen atoms in total. The Balaban J connectivity index is 1.59. The van der Waals surface area contributed by atoms with Gasteiger partial charge in [-0.05, 0) is 55.1 Å². The number of thiophene rings is 1. The second-order valence-electron chi connectivity index (χ2n) is 7.72. The number of allylic oxidation sites excluding steroid dienone is 2. The van der Waals surface area contributed by atoms with Crippen molar-refractivity contribution in [2.45, 2.75) is 24.3 Å². The highest BCUT2D eigenvalue weighted by Crippen LogP contribution is 2.45. The van der Waals surface area contributed by atoms with Crippen LogP contribution in [-0.4, -0.2) is 11.9 Å². The minimum atomic E-state index is -0.799. The zero-order valence-electron chi connectivity index (χ0n) is 17.0. The van der Waals surface area contributed by atoms with Crippen molar-refractivity contribution in [3.8, 4) is 0 Å². The van der Waals surface area contributed by atoms with Gasteiger partial charge in [0.2, 0.25) is 5.78 Å². The van der Waals surface area contributed by atoms with E-state index in [1.165, 1.54) is 16.7 Å². The van der Waals surface area contributed by atoms with E-state index < -0.39 is 11.7 Å². The number of carbonyl (C=O) groups excluding carboxylic acids is 2. The maximum atomic E-state index is 13.5. The number of ketones is 1. The number of anilines is 1. The molecule has 5 rings (SSSR count). The fraction of sp³-hybridized carbons (Fsp3) is 0.120. The number of fused-ring (bicyclic) bond motifs is 2. The van der Waals surface area contributed by atoms with Crippen LogP contribution in [0.5, 0.6) is 0 Å².